The van der Waals surface area contributed by atoms with Gasteiger partial charge in [0.15, 0.2) is 0 Å². The van der Waals surface area contributed by atoms with Crippen LogP contribution in [0, 0.1) is 11.8 Å². The van der Waals surface area contributed by atoms with Gasteiger partial charge in [0.05, 0.1) is 0 Å². The van der Waals surface area contributed by atoms with Crippen LogP contribution in [0.3, 0.4) is 0 Å². The predicted octanol–water partition coefficient (Wildman–Crippen LogP) is 2.39. The second-order valence-corrected chi connectivity index (χ2v) is 6.06. The fourth-order valence-electron chi connectivity index (χ4n) is 2.86. The number of aliphatic hydroxyl groups is 1. The van der Waals surface area contributed by atoms with E-state index in [-0.39, 0.29) is 12.5 Å². The molecule has 0 aromatic carbocycles. The smallest absolute Gasteiger partial charge is 0.135 e. The summed E-state index contributed by atoms with van der Waals surface area (Å²) in [5.41, 5.74) is 5.83. The van der Waals surface area contributed by atoms with Gasteiger partial charge in [-0.2, -0.15) is 0 Å². The first-order chi connectivity index (χ1) is 9.60. The third-order valence-corrected chi connectivity index (χ3v) is 4.13. The Morgan fingerprint density at radius 2 is 2.00 bits per heavy atom. The highest BCUT2D eigenvalue weighted by Gasteiger charge is 2.24. The van der Waals surface area contributed by atoms with Gasteiger partial charge in [-0.15, -0.1) is 0 Å². The molecule has 0 bridgehead atoms. The molecule has 1 heterocycles. The van der Waals surface area contributed by atoms with Crippen LogP contribution >= 0.6 is 0 Å². The highest BCUT2D eigenvalue weighted by atomic mass is 16.3. The summed E-state index contributed by atoms with van der Waals surface area (Å²) in [6.07, 6.45) is 4.80. The zero-order valence-electron chi connectivity index (χ0n) is 12.5. The second-order valence-electron chi connectivity index (χ2n) is 6.06. The van der Waals surface area contributed by atoms with Crippen molar-refractivity contribution in [1.29, 1.82) is 0 Å². The molecule has 1 aliphatic rings. The number of aromatic nitrogens is 2. The minimum absolute atomic E-state index is 0.263. The molecule has 0 aliphatic heterocycles. The molecular weight excluding hydrogens is 252 g/mol. The highest BCUT2D eigenvalue weighted by molar-refractivity contribution is 5.44. The van der Waals surface area contributed by atoms with E-state index in [0.717, 1.165) is 24.6 Å². The van der Waals surface area contributed by atoms with Crippen molar-refractivity contribution in [3.8, 4) is 0 Å². The molecule has 0 radical (unpaired) electrons. The third kappa shape index (κ3) is 3.82. The van der Waals surface area contributed by atoms with Crippen LogP contribution in [0.1, 0.15) is 51.3 Å². The van der Waals surface area contributed by atoms with Gasteiger partial charge in [-0.3, -0.25) is 0 Å². The summed E-state index contributed by atoms with van der Waals surface area (Å²) in [7, 11) is 0. The number of nitrogens with zero attached hydrogens (tertiary/aromatic N) is 2. The molecule has 4 N–H and O–H groups in total. The van der Waals surface area contributed by atoms with Crippen molar-refractivity contribution >= 4 is 11.6 Å². The summed E-state index contributed by atoms with van der Waals surface area (Å²) in [5, 5.41) is 12.8. The fourth-order valence-corrected chi connectivity index (χ4v) is 2.86. The molecule has 2 atom stereocenters. The van der Waals surface area contributed by atoms with Crippen LogP contribution in [0.5, 0.6) is 0 Å². The van der Waals surface area contributed by atoms with Gasteiger partial charge in [-0.05, 0) is 24.7 Å². The van der Waals surface area contributed by atoms with Gasteiger partial charge in [-0.1, -0.05) is 26.7 Å². The number of nitrogens with one attached hydrogen (secondary N) is 1. The molecule has 1 aromatic heterocycles. The number of nitrogen functional groups attached to an aromatic ring is 1. The number of nitrogens with two attached hydrogens (primary N) is 1. The van der Waals surface area contributed by atoms with E-state index in [4.69, 9.17) is 5.73 Å². The number of hydrogen-bond acceptors (Lipinski definition) is 5. The lowest BCUT2D eigenvalue weighted by molar-refractivity contribution is 0.141. The zero-order valence-corrected chi connectivity index (χ0v) is 12.5. The Morgan fingerprint density at radius 3 is 2.65 bits per heavy atom. The van der Waals surface area contributed by atoms with Gasteiger partial charge in [0.2, 0.25) is 0 Å². The number of hydrogen-bond donors (Lipinski definition) is 3. The molecule has 2 rings (SSSR count). The van der Waals surface area contributed by atoms with Crippen molar-refractivity contribution in [3.05, 3.63) is 11.9 Å². The van der Waals surface area contributed by atoms with Crippen molar-refractivity contribution in [3.63, 3.8) is 0 Å². The van der Waals surface area contributed by atoms with E-state index in [2.05, 4.69) is 29.1 Å². The Labute approximate surface area is 121 Å². The Balaban J connectivity index is 1.99. The van der Waals surface area contributed by atoms with Crippen LogP contribution in [0.25, 0.3) is 0 Å². The van der Waals surface area contributed by atoms with Crippen LogP contribution in [-0.4, -0.2) is 28.2 Å². The van der Waals surface area contributed by atoms with E-state index in [1.165, 1.54) is 19.3 Å². The van der Waals surface area contributed by atoms with Gasteiger partial charge in [-0.25, -0.2) is 9.97 Å². The molecule has 0 amide bonds. The number of aliphatic hydroxyl groups excluding tert-OH is 1. The molecule has 2 unspecified atom stereocenters. The summed E-state index contributed by atoms with van der Waals surface area (Å²) in [5.74, 6) is 3.28. The molecular formula is C15H26N4O. The second kappa shape index (κ2) is 6.88. The Bertz CT molecular complexity index is 436. The van der Waals surface area contributed by atoms with E-state index in [0.29, 0.717) is 17.7 Å². The van der Waals surface area contributed by atoms with E-state index in [1.54, 1.807) is 6.07 Å². The minimum atomic E-state index is 0.263. The van der Waals surface area contributed by atoms with Gasteiger partial charge < -0.3 is 16.2 Å². The fraction of sp³-hybridized carbons (Fsp3) is 0.733. The van der Waals surface area contributed by atoms with E-state index >= 15 is 0 Å². The Hall–Kier alpha value is -1.36. The van der Waals surface area contributed by atoms with Gasteiger partial charge in [0, 0.05) is 25.1 Å². The molecule has 1 saturated carbocycles. The van der Waals surface area contributed by atoms with Gasteiger partial charge >= 0.3 is 0 Å². The Morgan fingerprint density at radius 1 is 1.30 bits per heavy atom. The molecule has 1 aliphatic carbocycles. The van der Waals surface area contributed by atoms with Gasteiger partial charge in [0.1, 0.15) is 17.5 Å². The highest BCUT2D eigenvalue weighted by Crippen LogP contribution is 2.29. The summed E-state index contributed by atoms with van der Waals surface area (Å²) in [4.78, 5) is 8.75. The van der Waals surface area contributed by atoms with Crippen LogP contribution in [0.4, 0.5) is 11.6 Å². The zero-order chi connectivity index (χ0) is 14.5. The summed E-state index contributed by atoms with van der Waals surface area (Å²) < 4.78 is 0. The van der Waals surface area contributed by atoms with Crippen molar-refractivity contribution < 1.29 is 5.11 Å². The molecule has 1 aromatic rings. The molecule has 1 fully saturated rings. The molecule has 20 heavy (non-hydrogen) atoms. The quantitative estimate of drug-likeness (QED) is 0.770. The standard InChI is InChI=1S/C15H26N4O/c1-10(2)15-18-13(16)7-14(19-15)17-8-11-5-3-4-6-12(11)9-20/h7,10-12,20H,3-6,8-9H2,1-2H3,(H3,16,17,18,19). The van der Waals surface area contributed by atoms with Crippen molar-refractivity contribution in [2.24, 2.45) is 11.8 Å². The largest absolute Gasteiger partial charge is 0.396 e. The first-order valence-corrected chi connectivity index (χ1v) is 7.59. The number of anilines is 2. The van der Waals surface area contributed by atoms with Crippen LogP contribution < -0.4 is 11.1 Å². The predicted molar refractivity (Wildman–Crippen MR) is 81.6 cm³/mol. The van der Waals surface area contributed by atoms with E-state index in [1.807, 2.05) is 0 Å². The topological polar surface area (TPSA) is 84.1 Å². The number of rotatable bonds is 5. The average Bonchev–Trinajstić information content (AvgIpc) is 2.44. The molecule has 0 spiro atoms. The van der Waals surface area contributed by atoms with Gasteiger partial charge in [0.25, 0.3) is 0 Å². The Kier molecular flexibility index (Phi) is 5.17. The lowest BCUT2D eigenvalue weighted by Crippen LogP contribution is -2.29. The maximum absolute atomic E-state index is 9.45. The van der Waals surface area contributed by atoms with Crippen molar-refractivity contribution in [2.75, 3.05) is 24.2 Å². The molecule has 5 nitrogen and oxygen atoms in total. The van der Waals surface area contributed by atoms with Crippen LogP contribution in [-0.2, 0) is 0 Å². The molecule has 112 valence electrons. The normalized spacial score (nSPS) is 23.0. The van der Waals surface area contributed by atoms with Crippen molar-refractivity contribution in [1.82, 2.24) is 9.97 Å². The maximum atomic E-state index is 9.45. The lowest BCUT2D eigenvalue weighted by atomic mass is 9.79. The van der Waals surface area contributed by atoms with E-state index in [9.17, 15) is 5.11 Å². The monoisotopic (exact) mass is 278 g/mol. The average molecular weight is 278 g/mol. The summed E-state index contributed by atoms with van der Waals surface area (Å²) in [6.45, 7) is 5.25. The van der Waals surface area contributed by atoms with Crippen molar-refractivity contribution in [2.45, 2.75) is 45.4 Å². The third-order valence-electron chi connectivity index (χ3n) is 4.13. The van der Waals surface area contributed by atoms with Crippen LogP contribution in [0.2, 0.25) is 0 Å². The first-order valence-electron chi connectivity index (χ1n) is 7.59. The molecule has 5 heteroatoms. The first kappa shape index (κ1) is 15.0. The summed E-state index contributed by atoms with van der Waals surface area (Å²) in [6, 6.07) is 1.78. The lowest BCUT2D eigenvalue weighted by Gasteiger charge is -2.30. The maximum Gasteiger partial charge on any atom is 0.135 e. The summed E-state index contributed by atoms with van der Waals surface area (Å²) >= 11 is 0. The minimum Gasteiger partial charge on any atom is -0.396 e. The van der Waals surface area contributed by atoms with E-state index < -0.39 is 0 Å². The van der Waals surface area contributed by atoms with Crippen LogP contribution in [0.15, 0.2) is 6.07 Å². The SMILES string of the molecule is CC(C)c1nc(N)cc(NCC2CCCCC2CO)n1. The molecule has 0 saturated heterocycles.